The molecule has 0 saturated carbocycles. The van der Waals surface area contributed by atoms with Crippen LogP contribution in [-0.4, -0.2) is 42.9 Å². The van der Waals surface area contributed by atoms with Crippen molar-refractivity contribution in [2.45, 2.75) is 45.3 Å². The van der Waals surface area contributed by atoms with Crippen LogP contribution in [0.1, 0.15) is 48.9 Å². The average molecular weight is 520 g/mol. The molecule has 1 aromatic carbocycles. The lowest BCUT2D eigenvalue weighted by Crippen LogP contribution is -2.27. The molecule has 1 unspecified atom stereocenters. The number of hydrogen-bond donors (Lipinski definition) is 1. The first-order chi connectivity index (χ1) is 17.8. The average Bonchev–Trinajstić information content (AvgIpc) is 3.51. The number of rotatable bonds is 5. The normalized spacial score (nSPS) is 16.2. The van der Waals surface area contributed by atoms with E-state index in [1.807, 2.05) is 38.4 Å². The third-order valence-corrected chi connectivity index (χ3v) is 8.84. The van der Waals surface area contributed by atoms with Gasteiger partial charge in [-0.1, -0.05) is 35.5 Å². The number of thiophene rings is 1. The van der Waals surface area contributed by atoms with Gasteiger partial charge < -0.3 is 14.4 Å². The molecule has 5 heterocycles. The van der Waals surface area contributed by atoms with Crippen molar-refractivity contribution >= 4 is 32.6 Å². The third kappa shape index (κ3) is 3.96. The zero-order chi connectivity index (χ0) is 25.9. The number of hydrogen-bond acceptors (Lipinski definition) is 6. The van der Waals surface area contributed by atoms with E-state index in [4.69, 9.17) is 9.72 Å². The van der Waals surface area contributed by atoms with Gasteiger partial charge >= 0.3 is 0 Å². The van der Waals surface area contributed by atoms with Crippen molar-refractivity contribution in [1.82, 2.24) is 24.5 Å². The molecule has 1 aliphatic heterocycles. The minimum atomic E-state index is -1.30. The van der Waals surface area contributed by atoms with E-state index in [9.17, 15) is 5.11 Å². The summed E-state index contributed by atoms with van der Waals surface area (Å²) in [6.45, 7) is 6.55. The van der Waals surface area contributed by atoms with Gasteiger partial charge in [0.05, 0.1) is 43.6 Å². The van der Waals surface area contributed by atoms with Crippen molar-refractivity contribution in [3.63, 3.8) is 0 Å². The quantitative estimate of drug-likeness (QED) is 0.321. The van der Waals surface area contributed by atoms with E-state index < -0.39 is 5.60 Å². The lowest BCUT2D eigenvalue weighted by atomic mass is 9.86. The van der Waals surface area contributed by atoms with Crippen LogP contribution in [0.2, 0.25) is 0 Å². The Labute approximate surface area is 218 Å². The predicted octanol–water partition coefficient (Wildman–Crippen LogP) is 5.74. The Morgan fingerprint density at radius 3 is 2.57 bits per heavy atom. The molecule has 5 aromatic rings. The van der Waals surface area contributed by atoms with Gasteiger partial charge in [-0.15, -0.1) is 16.4 Å². The number of ether oxygens (including phenoxy) is 1. The van der Waals surface area contributed by atoms with E-state index in [0.29, 0.717) is 23.6 Å². The number of halogens is 1. The molecule has 1 atom stereocenters. The maximum Gasteiger partial charge on any atom is 0.164 e. The topological polar surface area (TPSA) is 78.0 Å². The maximum absolute atomic E-state index is 16.3. The summed E-state index contributed by atoms with van der Waals surface area (Å²) >= 11 is 1.29. The van der Waals surface area contributed by atoms with Crippen molar-refractivity contribution in [3.8, 4) is 11.3 Å². The zero-order valence-corrected chi connectivity index (χ0v) is 22.2. The van der Waals surface area contributed by atoms with E-state index in [2.05, 4.69) is 33.1 Å². The second kappa shape index (κ2) is 9.01. The highest BCUT2D eigenvalue weighted by molar-refractivity contribution is 7.20. The van der Waals surface area contributed by atoms with E-state index in [1.54, 1.807) is 18.5 Å². The third-order valence-electron chi connectivity index (χ3n) is 7.37. The van der Waals surface area contributed by atoms with Gasteiger partial charge in [-0.25, -0.2) is 9.07 Å². The summed E-state index contributed by atoms with van der Waals surface area (Å²) in [6.07, 6.45) is 3.57. The van der Waals surface area contributed by atoms with Gasteiger partial charge in [-0.2, -0.15) is 0 Å². The number of aromatic nitrogens is 5. The number of aryl methyl sites for hydroxylation is 2. The summed E-state index contributed by atoms with van der Waals surface area (Å²) in [5.41, 5.74) is 4.48. The highest BCUT2D eigenvalue weighted by Gasteiger charge is 2.35. The van der Waals surface area contributed by atoms with Crippen molar-refractivity contribution < 1.29 is 14.2 Å². The first-order valence-electron chi connectivity index (χ1n) is 12.6. The smallest absolute Gasteiger partial charge is 0.164 e. The highest BCUT2D eigenvalue weighted by atomic mass is 32.1. The molecular weight excluding hydrogens is 489 g/mol. The summed E-state index contributed by atoms with van der Waals surface area (Å²) in [4.78, 5) is 5.20. The van der Waals surface area contributed by atoms with Crippen LogP contribution in [0.25, 0.3) is 32.5 Å². The predicted molar refractivity (Wildman–Crippen MR) is 143 cm³/mol. The molecule has 0 spiro atoms. The highest BCUT2D eigenvalue weighted by Crippen LogP contribution is 2.46. The lowest BCUT2D eigenvalue weighted by molar-refractivity contribution is 0.0552. The summed E-state index contributed by atoms with van der Waals surface area (Å²) < 4.78 is 26.7. The van der Waals surface area contributed by atoms with Gasteiger partial charge in [-0.05, 0) is 51.2 Å². The Hall–Kier alpha value is -3.14. The van der Waals surface area contributed by atoms with Crippen molar-refractivity contribution in [1.29, 1.82) is 0 Å². The SMILES string of the molecule is Cc1nnn(C)c1-c1cnc2c3sc(C(C)(C)O)c(F)c3n(C(c3ccccc3)C3CCOCC3)c2c1. The lowest BCUT2D eigenvalue weighted by Gasteiger charge is -2.33. The van der Waals surface area contributed by atoms with E-state index in [-0.39, 0.29) is 17.8 Å². The summed E-state index contributed by atoms with van der Waals surface area (Å²) in [6, 6.07) is 12.3. The molecule has 37 heavy (non-hydrogen) atoms. The molecular formula is C28H30FN5O2S. The van der Waals surface area contributed by atoms with Gasteiger partial charge in [0.1, 0.15) is 5.52 Å². The first kappa shape index (κ1) is 24.2. The largest absolute Gasteiger partial charge is 0.385 e. The maximum atomic E-state index is 16.3. The van der Waals surface area contributed by atoms with Gasteiger partial charge in [0.2, 0.25) is 0 Å². The first-order valence-corrected chi connectivity index (χ1v) is 13.4. The number of pyridine rings is 1. The van der Waals surface area contributed by atoms with E-state index >= 15 is 4.39 Å². The molecule has 0 bridgehead atoms. The molecule has 9 heteroatoms. The molecule has 0 amide bonds. The van der Waals surface area contributed by atoms with Crippen LogP contribution in [0, 0.1) is 18.7 Å². The molecule has 1 N–H and O–H groups in total. The van der Waals surface area contributed by atoms with E-state index in [1.165, 1.54) is 11.3 Å². The molecule has 1 saturated heterocycles. The Kier molecular flexibility index (Phi) is 5.89. The molecule has 6 rings (SSSR count). The minimum absolute atomic E-state index is 0.119. The van der Waals surface area contributed by atoms with Gasteiger partial charge in [0, 0.05) is 32.0 Å². The standard InChI is InChI=1S/C28H30FN5O2S/c1-16-23(33(4)32-31-16)19-14-20-22(30-15-19)26-25(21(29)27(37-26)28(2,3)35)34(20)24(17-8-6-5-7-9-17)18-10-12-36-13-11-18/h5-9,14-15,18,24,35H,10-13H2,1-4H3. The molecule has 1 fully saturated rings. The Morgan fingerprint density at radius 2 is 1.92 bits per heavy atom. The van der Waals surface area contributed by atoms with Gasteiger partial charge in [0.25, 0.3) is 0 Å². The Balaban J connectivity index is 1.70. The fraction of sp³-hybridized carbons (Fsp3) is 0.393. The molecule has 192 valence electrons. The van der Waals surface area contributed by atoms with Crippen LogP contribution in [0.5, 0.6) is 0 Å². The van der Waals surface area contributed by atoms with Crippen LogP contribution >= 0.6 is 11.3 Å². The van der Waals surface area contributed by atoms with Crippen LogP contribution in [0.15, 0.2) is 42.6 Å². The molecule has 7 nitrogen and oxygen atoms in total. The number of fused-ring (bicyclic) bond motifs is 3. The summed E-state index contributed by atoms with van der Waals surface area (Å²) in [5.74, 6) is -0.123. The second-order valence-electron chi connectivity index (χ2n) is 10.4. The Morgan fingerprint density at radius 1 is 1.19 bits per heavy atom. The molecule has 0 aliphatic carbocycles. The van der Waals surface area contributed by atoms with Crippen molar-refractivity contribution in [2.24, 2.45) is 13.0 Å². The van der Waals surface area contributed by atoms with Crippen molar-refractivity contribution in [2.75, 3.05) is 13.2 Å². The van der Waals surface area contributed by atoms with Gasteiger partial charge in [0.15, 0.2) is 5.82 Å². The van der Waals surface area contributed by atoms with Crippen LogP contribution < -0.4 is 0 Å². The van der Waals surface area contributed by atoms with E-state index in [0.717, 1.165) is 51.1 Å². The molecule has 4 aromatic heterocycles. The summed E-state index contributed by atoms with van der Waals surface area (Å²) in [7, 11) is 1.86. The fourth-order valence-electron chi connectivity index (χ4n) is 5.69. The minimum Gasteiger partial charge on any atom is -0.385 e. The Bertz CT molecular complexity index is 1570. The zero-order valence-electron chi connectivity index (χ0n) is 21.4. The molecule has 1 aliphatic rings. The number of benzene rings is 1. The number of nitrogens with zero attached hydrogens (tertiary/aromatic N) is 5. The van der Waals surface area contributed by atoms with Crippen LogP contribution in [0.4, 0.5) is 4.39 Å². The monoisotopic (exact) mass is 519 g/mol. The van der Waals surface area contributed by atoms with Crippen LogP contribution in [0.3, 0.4) is 0 Å². The van der Waals surface area contributed by atoms with Crippen LogP contribution in [-0.2, 0) is 17.4 Å². The van der Waals surface area contributed by atoms with Gasteiger partial charge in [-0.3, -0.25) is 4.98 Å². The second-order valence-corrected chi connectivity index (χ2v) is 11.4. The van der Waals surface area contributed by atoms with Crippen molar-refractivity contribution in [3.05, 3.63) is 64.5 Å². The summed E-state index contributed by atoms with van der Waals surface area (Å²) in [5, 5.41) is 19.2. The fourth-order valence-corrected chi connectivity index (χ4v) is 6.87. The number of aliphatic hydroxyl groups is 1. The molecule has 0 radical (unpaired) electrons.